The molecule has 12 heteroatoms. The molecule has 4 nitrogen and oxygen atoms in total. The molecule has 4 rings (SSSR count). The van der Waals surface area contributed by atoms with Gasteiger partial charge in [-0.1, -0.05) is 23.5 Å². The molecule has 0 bridgehead atoms. The molecule has 162 valence electrons. The van der Waals surface area contributed by atoms with Crippen LogP contribution in [-0.4, -0.2) is 15.6 Å². The number of thiazole rings is 1. The standard InChI is InChI=1S/C19H10F7N3OS/c20-14-8(2-1-3-9(14)7-27)4-10-5-13(30)29-15(11-6-12(11)18(21,22)23)16(19(24,25)26)31-17(29)28-10/h1-3,5,11-12H,4,6H2. The highest BCUT2D eigenvalue weighted by molar-refractivity contribution is 7.17. The number of rotatable bonds is 3. The highest BCUT2D eigenvalue weighted by Gasteiger charge is 2.59. The van der Waals surface area contributed by atoms with Gasteiger partial charge in [-0.2, -0.15) is 31.6 Å². The van der Waals surface area contributed by atoms with Gasteiger partial charge in [-0.05, 0) is 18.1 Å². The minimum absolute atomic E-state index is 0.00227. The Bertz CT molecular complexity index is 1280. The van der Waals surface area contributed by atoms with E-state index in [1.807, 2.05) is 0 Å². The van der Waals surface area contributed by atoms with Crippen LogP contribution in [-0.2, 0) is 12.6 Å². The Morgan fingerprint density at radius 3 is 2.52 bits per heavy atom. The predicted octanol–water partition coefficient (Wildman–Crippen LogP) is 5.04. The van der Waals surface area contributed by atoms with Crippen molar-refractivity contribution in [1.82, 2.24) is 9.38 Å². The molecule has 3 aromatic rings. The third-order valence-corrected chi connectivity index (χ3v) is 6.10. The highest BCUT2D eigenvalue weighted by atomic mass is 32.1. The third-order valence-electron chi connectivity index (χ3n) is 5.00. The molecule has 1 aliphatic rings. The number of hydrogen-bond acceptors (Lipinski definition) is 4. The number of nitrogens with zero attached hydrogens (tertiary/aromatic N) is 3. The number of alkyl halides is 6. The van der Waals surface area contributed by atoms with Crippen molar-refractivity contribution >= 4 is 16.3 Å². The van der Waals surface area contributed by atoms with Gasteiger partial charge in [0.15, 0.2) is 4.96 Å². The Kier molecular flexibility index (Phi) is 4.84. The number of halogens is 7. The van der Waals surface area contributed by atoms with E-state index in [4.69, 9.17) is 5.26 Å². The van der Waals surface area contributed by atoms with Gasteiger partial charge in [-0.3, -0.25) is 9.20 Å². The summed E-state index contributed by atoms with van der Waals surface area (Å²) in [7, 11) is 0. The maximum atomic E-state index is 14.3. The molecule has 1 fully saturated rings. The molecular weight excluding hydrogens is 451 g/mol. The van der Waals surface area contributed by atoms with E-state index in [9.17, 15) is 35.5 Å². The Morgan fingerprint density at radius 2 is 1.94 bits per heavy atom. The zero-order valence-corrected chi connectivity index (χ0v) is 16.0. The summed E-state index contributed by atoms with van der Waals surface area (Å²) in [5, 5.41) is 8.90. The van der Waals surface area contributed by atoms with Crippen LogP contribution >= 0.6 is 11.3 Å². The second-order valence-electron chi connectivity index (χ2n) is 7.08. The van der Waals surface area contributed by atoms with Gasteiger partial charge in [0, 0.05) is 18.4 Å². The summed E-state index contributed by atoms with van der Waals surface area (Å²) in [5.41, 5.74) is -2.03. The number of benzene rings is 1. The van der Waals surface area contributed by atoms with Crippen molar-refractivity contribution in [2.75, 3.05) is 0 Å². The number of nitriles is 1. The van der Waals surface area contributed by atoms with Crippen LogP contribution in [0.1, 0.15) is 39.7 Å². The SMILES string of the molecule is N#Cc1cccc(Cc2cc(=O)n3c(C4CC4C(F)(F)F)c(C(F)(F)F)sc3n2)c1F. The lowest BCUT2D eigenvalue weighted by atomic mass is 10.1. The van der Waals surface area contributed by atoms with Gasteiger partial charge in [0.25, 0.3) is 5.56 Å². The first-order valence-corrected chi connectivity index (χ1v) is 9.60. The van der Waals surface area contributed by atoms with Crippen molar-refractivity contribution in [2.45, 2.75) is 31.1 Å². The molecule has 1 aromatic carbocycles. The fourth-order valence-electron chi connectivity index (χ4n) is 3.53. The van der Waals surface area contributed by atoms with E-state index in [1.165, 1.54) is 18.2 Å². The maximum absolute atomic E-state index is 14.3. The fourth-order valence-corrected chi connectivity index (χ4v) is 4.61. The smallest absolute Gasteiger partial charge is 0.269 e. The van der Waals surface area contributed by atoms with E-state index in [-0.39, 0.29) is 34.6 Å². The van der Waals surface area contributed by atoms with Gasteiger partial charge in [0.1, 0.15) is 16.8 Å². The lowest BCUT2D eigenvalue weighted by Gasteiger charge is -2.09. The van der Waals surface area contributed by atoms with Crippen molar-refractivity contribution in [1.29, 1.82) is 5.26 Å². The van der Waals surface area contributed by atoms with Crippen molar-refractivity contribution in [3.63, 3.8) is 0 Å². The second kappa shape index (κ2) is 7.05. The van der Waals surface area contributed by atoms with Gasteiger partial charge >= 0.3 is 12.4 Å². The monoisotopic (exact) mass is 461 g/mol. The molecule has 1 saturated carbocycles. The number of hydrogen-bond donors (Lipinski definition) is 0. The summed E-state index contributed by atoms with van der Waals surface area (Å²) in [5.74, 6) is -4.29. The minimum atomic E-state index is -4.97. The Morgan fingerprint density at radius 1 is 1.23 bits per heavy atom. The topological polar surface area (TPSA) is 58.2 Å². The summed E-state index contributed by atoms with van der Waals surface area (Å²) >= 11 is 0.0760. The largest absolute Gasteiger partial charge is 0.427 e. The van der Waals surface area contributed by atoms with Crippen LogP contribution < -0.4 is 5.56 Å². The highest BCUT2D eigenvalue weighted by Crippen LogP contribution is 2.58. The lowest BCUT2D eigenvalue weighted by molar-refractivity contribution is -0.150. The molecule has 2 atom stereocenters. The van der Waals surface area contributed by atoms with Gasteiger partial charge < -0.3 is 0 Å². The molecule has 0 aliphatic heterocycles. The normalized spacial score (nSPS) is 18.9. The van der Waals surface area contributed by atoms with Crippen LogP contribution in [0.2, 0.25) is 0 Å². The number of fused-ring (bicyclic) bond motifs is 1. The van der Waals surface area contributed by atoms with Gasteiger partial charge in [0.05, 0.1) is 22.9 Å². The molecule has 0 amide bonds. The van der Waals surface area contributed by atoms with Crippen LogP contribution in [0.25, 0.3) is 4.96 Å². The van der Waals surface area contributed by atoms with Crippen LogP contribution in [0.15, 0.2) is 29.1 Å². The summed E-state index contributed by atoms with van der Waals surface area (Å²) < 4.78 is 94.3. The van der Waals surface area contributed by atoms with E-state index < -0.39 is 57.5 Å². The Balaban J connectivity index is 1.83. The molecule has 31 heavy (non-hydrogen) atoms. The van der Waals surface area contributed by atoms with Crippen LogP contribution in [0.5, 0.6) is 0 Å². The summed E-state index contributed by atoms with van der Waals surface area (Å²) in [6.45, 7) is 0. The molecule has 0 spiro atoms. The zero-order chi connectivity index (χ0) is 22.7. The van der Waals surface area contributed by atoms with E-state index in [0.717, 1.165) is 6.07 Å². The maximum Gasteiger partial charge on any atom is 0.427 e. The van der Waals surface area contributed by atoms with E-state index in [2.05, 4.69) is 4.98 Å². The fraction of sp³-hybridized carbons (Fsp3) is 0.316. The molecule has 0 saturated heterocycles. The van der Waals surface area contributed by atoms with E-state index in [0.29, 0.717) is 4.40 Å². The summed E-state index contributed by atoms with van der Waals surface area (Å²) in [6, 6.07) is 6.48. The van der Waals surface area contributed by atoms with E-state index >= 15 is 0 Å². The first kappa shape index (κ1) is 21.3. The second-order valence-corrected chi connectivity index (χ2v) is 8.05. The third kappa shape index (κ3) is 3.78. The van der Waals surface area contributed by atoms with Crippen LogP contribution in [0.4, 0.5) is 30.7 Å². The summed E-state index contributed by atoms with van der Waals surface area (Å²) in [4.78, 5) is 14.8. The molecule has 1 aliphatic carbocycles. The first-order chi connectivity index (χ1) is 14.4. The van der Waals surface area contributed by atoms with Crippen molar-refractivity contribution in [3.8, 4) is 6.07 Å². The summed E-state index contributed by atoms with van der Waals surface area (Å²) in [6.07, 6.45) is -10.5. The average molecular weight is 461 g/mol. The zero-order valence-electron chi connectivity index (χ0n) is 15.2. The Labute approximate surface area is 173 Å². The Hall–Kier alpha value is -2.94. The quantitative estimate of drug-likeness (QED) is 0.514. The van der Waals surface area contributed by atoms with Crippen LogP contribution in [0, 0.1) is 23.1 Å². The van der Waals surface area contributed by atoms with Crippen molar-refractivity contribution in [3.05, 3.63) is 67.8 Å². The first-order valence-electron chi connectivity index (χ1n) is 8.78. The van der Waals surface area contributed by atoms with Gasteiger partial charge in [-0.15, -0.1) is 0 Å². The van der Waals surface area contributed by atoms with Crippen LogP contribution in [0.3, 0.4) is 0 Å². The van der Waals surface area contributed by atoms with Crippen molar-refractivity contribution in [2.24, 2.45) is 5.92 Å². The molecule has 0 N–H and O–H groups in total. The molecule has 2 heterocycles. The average Bonchev–Trinajstić information content (AvgIpc) is 3.36. The van der Waals surface area contributed by atoms with Crippen molar-refractivity contribution < 1.29 is 30.7 Å². The molecule has 2 unspecified atom stereocenters. The van der Waals surface area contributed by atoms with E-state index in [1.54, 1.807) is 6.07 Å². The molecule has 0 radical (unpaired) electrons. The van der Waals surface area contributed by atoms with Gasteiger partial charge in [0.2, 0.25) is 0 Å². The number of aromatic nitrogens is 2. The lowest BCUT2D eigenvalue weighted by Crippen LogP contribution is -2.20. The molecular formula is C19H10F7N3OS. The molecule has 2 aromatic heterocycles. The van der Waals surface area contributed by atoms with Gasteiger partial charge in [-0.25, -0.2) is 9.37 Å². The minimum Gasteiger partial charge on any atom is -0.269 e. The predicted molar refractivity (Wildman–Crippen MR) is 95.2 cm³/mol.